The Morgan fingerprint density at radius 1 is 1.12 bits per heavy atom. The zero-order valence-corrected chi connectivity index (χ0v) is 14.3. The Bertz CT molecular complexity index is 822. The van der Waals surface area contributed by atoms with E-state index in [2.05, 4.69) is 24.3 Å². The molecule has 0 saturated carbocycles. The van der Waals surface area contributed by atoms with E-state index in [-0.39, 0.29) is 5.91 Å². The van der Waals surface area contributed by atoms with Crippen LogP contribution in [0.4, 0.5) is 0 Å². The molecule has 0 bridgehead atoms. The van der Waals surface area contributed by atoms with Crippen LogP contribution in [0.5, 0.6) is 0 Å². The number of carbonyl (C=O) groups is 1. The number of piperidine rings is 1. The van der Waals surface area contributed by atoms with Gasteiger partial charge in [-0.05, 0) is 30.4 Å². The molecule has 4 nitrogen and oxygen atoms in total. The summed E-state index contributed by atoms with van der Waals surface area (Å²) < 4.78 is 5.89. The van der Waals surface area contributed by atoms with E-state index in [0.717, 1.165) is 56.1 Å². The number of amides is 1. The molecule has 0 radical (unpaired) electrons. The lowest BCUT2D eigenvalue weighted by molar-refractivity contribution is -0.129. The molecule has 1 fully saturated rings. The summed E-state index contributed by atoms with van der Waals surface area (Å²) >= 11 is 0. The Balaban J connectivity index is 1.84. The van der Waals surface area contributed by atoms with Crippen LogP contribution in [0.2, 0.25) is 0 Å². The van der Waals surface area contributed by atoms with E-state index >= 15 is 0 Å². The summed E-state index contributed by atoms with van der Waals surface area (Å²) in [5.41, 5.74) is 6.31. The first-order valence-electron chi connectivity index (χ1n) is 8.66. The van der Waals surface area contributed by atoms with Crippen molar-refractivity contribution in [2.45, 2.75) is 39.5 Å². The van der Waals surface area contributed by atoms with E-state index in [1.54, 1.807) is 6.92 Å². The van der Waals surface area contributed by atoms with E-state index < -0.39 is 0 Å². The van der Waals surface area contributed by atoms with E-state index in [9.17, 15) is 4.79 Å². The van der Waals surface area contributed by atoms with Gasteiger partial charge in [0.05, 0.1) is 0 Å². The first-order valence-corrected chi connectivity index (χ1v) is 8.66. The van der Waals surface area contributed by atoms with Gasteiger partial charge in [-0.25, -0.2) is 4.98 Å². The molecular formula is C20H22N2O2. The molecule has 1 aliphatic carbocycles. The van der Waals surface area contributed by atoms with Crippen LogP contribution < -0.4 is 0 Å². The van der Waals surface area contributed by atoms with Crippen LogP contribution in [0.3, 0.4) is 0 Å². The van der Waals surface area contributed by atoms with Gasteiger partial charge in [-0.15, -0.1) is 0 Å². The predicted octanol–water partition coefficient (Wildman–Crippen LogP) is 3.53. The third-order valence-electron chi connectivity index (χ3n) is 5.12. The van der Waals surface area contributed by atoms with Gasteiger partial charge in [0, 0.05) is 38.9 Å². The van der Waals surface area contributed by atoms with Crippen molar-refractivity contribution in [3.63, 3.8) is 0 Å². The Labute approximate surface area is 142 Å². The smallest absolute Gasteiger partial charge is 0.219 e. The molecule has 2 aliphatic rings. The molecule has 1 aromatic carbocycles. The number of nitrogens with zero attached hydrogens (tertiary/aromatic N) is 2. The summed E-state index contributed by atoms with van der Waals surface area (Å²) in [5, 5.41) is 0. The first-order chi connectivity index (χ1) is 11.6. The molecule has 1 amide bonds. The standard InChI is InChI=1S/C20H22N2O2/c1-13-21-20-18(24-13)8-7-15-5-3-4-6-17(15)19(20)16-9-11-22(12-10-16)14(2)23/h3-6H,7-12H2,1-2H3. The van der Waals surface area contributed by atoms with E-state index in [4.69, 9.17) is 9.40 Å². The number of aryl methyl sites for hydroxylation is 3. The number of rotatable bonds is 0. The highest BCUT2D eigenvalue weighted by Crippen LogP contribution is 2.38. The lowest BCUT2D eigenvalue weighted by atomic mass is 9.89. The van der Waals surface area contributed by atoms with Gasteiger partial charge in [0.2, 0.25) is 5.91 Å². The molecule has 4 heteroatoms. The van der Waals surface area contributed by atoms with Crippen molar-refractivity contribution in [2.75, 3.05) is 13.1 Å². The number of likely N-dealkylation sites (tertiary alicyclic amines) is 1. The number of hydrogen-bond acceptors (Lipinski definition) is 3. The number of benzene rings is 1. The number of carbonyl (C=O) groups excluding carboxylic acids is 1. The average molecular weight is 322 g/mol. The van der Waals surface area contributed by atoms with E-state index in [1.807, 2.05) is 11.8 Å². The molecule has 0 spiro atoms. The molecule has 2 aromatic rings. The quantitative estimate of drug-likeness (QED) is 0.745. The predicted molar refractivity (Wildman–Crippen MR) is 92.6 cm³/mol. The summed E-state index contributed by atoms with van der Waals surface area (Å²) in [6.07, 6.45) is 3.70. The average Bonchev–Trinajstić information content (AvgIpc) is 2.88. The van der Waals surface area contributed by atoms with E-state index in [1.165, 1.54) is 22.3 Å². The second-order valence-electron chi connectivity index (χ2n) is 6.65. The minimum absolute atomic E-state index is 0.165. The highest BCUT2D eigenvalue weighted by Gasteiger charge is 2.27. The van der Waals surface area contributed by atoms with Crippen LogP contribution in [0, 0.1) is 6.92 Å². The number of aromatic nitrogens is 1. The fourth-order valence-corrected chi connectivity index (χ4v) is 3.89. The number of fused-ring (bicyclic) bond motifs is 2. The van der Waals surface area contributed by atoms with Crippen LogP contribution in [0.1, 0.15) is 48.2 Å². The van der Waals surface area contributed by atoms with Gasteiger partial charge in [0.15, 0.2) is 5.89 Å². The molecule has 4 rings (SSSR count). The highest BCUT2D eigenvalue weighted by molar-refractivity contribution is 5.84. The Morgan fingerprint density at radius 3 is 2.62 bits per heavy atom. The third kappa shape index (κ3) is 2.56. The van der Waals surface area contributed by atoms with Crippen molar-refractivity contribution < 1.29 is 9.21 Å². The Morgan fingerprint density at radius 2 is 1.88 bits per heavy atom. The van der Waals surface area contributed by atoms with Crippen LogP contribution >= 0.6 is 0 Å². The molecule has 0 atom stereocenters. The van der Waals surface area contributed by atoms with Crippen molar-refractivity contribution >= 4 is 11.5 Å². The van der Waals surface area contributed by atoms with Gasteiger partial charge in [0.25, 0.3) is 0 Å². The van der Waals surface area contributed by atoms with Gasteiger partial charge in [0.1, 0.15) is 11.5 Å². The lowest BCUT2D eigenvalue weighted by Crippen LogP contribution is -2.34. The van der Waals surface area contributed by atoms with Crippen LogP contribution in [0.15, 0.2) is 34.3 Å². The molecule has 0 N–H and O–H groups in total. The third-order valence-corrected chi connectivity index (χ3v) is 5.12. The van der Waals surface area contributed by atoms with Crippen LogP contribution in [0.25, 0.3) is 5.57 Å². The first kappa shape index (κ1) is 15.2. The fourth-order valence-electron chi connectivity index (χ4n) is 3.89. The van der Waals surface area contributed by atoms with Gasteiger partial charge in [-0.2, -0.15) is 0 Å². The maximum Gasteiger partial charge on any atom is 0.219 e. The number of hydrogen-bond donors (Lipinski definition) is 0. The molecule has 0 unspecified atom stereocenters. The Kier molecular flexibility index (Phi) is 3.75. The summed E-state index contributed by atoms with van der Waals surface area (Å²) in [6, 6.07) is 8.61. The zero-order valence-electron chi connectivity index (χ0n) is 14.3. The van der Waals surface area contributed by atoms with Gasteiger partial charge in [-0.3, -0.25) is 4.79 Å². The molecular weight excluding hydrogens is 300 g/mol. The second-order valence-corrected chi connectivity index (χ2v) is 6.65. The number of oxazole rings is 1. The summed E-state index contributed by atoms with van der Waals surface area (Å²) in [7, 11) is 0. The van der Waals surface area contributed by atoms with Crippen molar-refractivity contribution in [2.24, 2.45) is 0 Å². The molecule has 1 saturated heterocycles. The van der Waals surface area contributed by atoms with Gasteiger partial charge >= 0.3 is 0 Å². The van der Waals surface area contributed by atoms with Crippen LogP contribution in [-0.4, -0.2) is 28.9 Å². The highest BCUT2D eigenvalue weighted by atomic mass is 16.4. The van der Waals surface area contributed by atoms with Gasteiger partial charge < -0.3 is 9.32 Å². The summed E-state index contributed by atoms with van der Waals surface area (Å²) in [6.45, 7) is 5.16. The monoisotopic (exact) mass is 322 g/mol. The fraction of sp³-hybridized carbons (Fsp3) is 0.400. The molecule has 24 heavy (non-hydrogen) atoms. The van der Waals surface area contributed by atoms with E-state index in [0.29, 0.717) is 0 Å². The SMILES string of the molecule is CC(=O)N1CCC(=C2c3ccccc3CCc3oc(C)nc32)CC1. The second kappa shape index (κ2) is 5.93. The largest absolute Gasteiger partial charge is 0.445 e. The zero-order chi connectivity index (χ0) is 16.7. The minimum atomic E-state index is 0.165. The minimum Gasteiger partial charge on any atom is -0.445 e. The van der Waals surface area contributed by atoms with Crippen molar-refractivity contribution in [1.29, 1.82) is 0 Å². The maximum atomic E-state index is 11.6. The maximum absolute atomic E-state index is 11.6. The van der Waals surface area contributed by atoms with Crippen LogP contribution in [-0.2, 0) is 17.6 Å². The van der Waals surface area contributed by atoms with Crippen molar-refractivity contribution in [3.8, 4) is 0 Å². The molecule has 2 heterocycles. The topological polar surface area (TPSA) is 46.3 Å². The Hall–Kier alpha value is -2.36. The lowest BCUT2D eigenvalue weighted by Gasteiger charge is -2.29. The van der Waals surface area contributed by atoms with Crippen molar-refractivity contribution in [3.05, 3.63) is 58.3 Å². The normalized spacial score (nSPS) is 17.3. The van der Waals surface area contributed by atoms with Crippen molar-refractivity contribution in [1.82, 2.24) is 9.88 Å². The summed E-state index contributed by atoms with van der Waals surface area (Å²) in [5.74, 6) is 1.90. The molecule has 1 aromatic heterocycles. The molecule has 1 aliphatic heterocycles. The van der Waals surface area contributed by atoms with Gasteiger partial charge in [-0.1, -0.05) is 29.8 Å². The summed E-state index contributed by atoms with van der Waals surface area (Å²) in [4.78, 5) is 18.3. The molecule has 124 valence electrons.